The van der Waals surface area contributed by atoms with E-state index in [0.29, 0.717) is 42.9 Å². The molecule has 3 aliphatic heterocycles. The van der Waals surface area contributed by atoms with Gasteiger partial charge in [-0.1, -0.05) is 60.4 Å². The van der Waals surface area contributed by atoms with Gasteiger partial charge < -0.3 is 19.9 Å². The quantitative estimate of drug-likeness (QED) is 0.330. The number of hydrogen-bond acceptors (Lipinski definition) is 8. The first-order valence-corrected chi connectivity index (χ1v) is 15.7. The zero-order valence-electron chi connectivity index (χ0n) is 24.3. The fraction of sp³-hybridized carbons (Fsp3) is 0.516. The molecule has 0 unspecified atom stereocenters. The van der Waals surface area contributed by atoms with Crippen LogP contribution < -0.4 is 16.0 Å². The molecule has 3 fully saturated rings. The van der Waals surface area contributed by atoms with Crippen molar-refractivity contribution in [2.75, 3.05) is 11.9 Å². The highest BCUT2D eigenvalue weighted by Crippen LogP contribution is 2.63. The van der Waals surface area contributed by atoms with Crippen LogP contribution in [0.15, 0.2) is 41.2 Å². The van der Waals surface area contributed by atoms with Gasteiger partial charge in [-0.2, -0.15) is 4.98 Å². The second kappa shape index (κ2) is 10.8. The highest BCUT2D eigenvalue weighted by Gasteiger charge is 2.73. The lowest BCUT2D eigenvalue weighted by Gasteiger charge is -2.50. The van der Waals surface area contributed by atoms with E-state index in [9.17, 15) is 9.59 Å². The number of rotatable bonds is 4. The molecular formula is C31H33Cl2FN6O4. The Morgan fingerprint density at radius 2 is 1.91 bits per heavy atom. The van der Waals surface area contributed by atoms with Crippen LogP contribution in [0.4, 0.5) is 10.2 Å². The number of benzene rings is 1. The Labute approximate surface area is 263 Å². The minimum Gasteiger partial charge on any atom is -0.368 e. The molecular weight excluding hydrogens is 610 g/mol. The third-order valence-electron chi connectivity index (χ3n) is 10.2. The Morgan fingerprint density at radius 1 is 1.11 bits per heavy atom. The fourth-order valence-electron chi connectivity index (χ4n) is 7.97. The summed E-state index contributed by atoms with van der Waals surface area (Å²) in [6.07, 6.45) is 4.93. The number of hydrogen-bond donors (Lipinski definition) is 3. The van der Waals surface area contributed by atoms with Crippen LogP contribution in [0.5, 0.6) is 0 Å². The Kier molecular flexibility index (Phi) is 7.23. The van der Waals surface area contributed by atoms with E-state index < -0.39 is 28.7 Å². The Morgan fingerprint density at radius 3 is 2.61 bits per heavy atom. The molecule has 2 aromatic heterocycles. The van der Waals surface area contributed by atoms with Crippen LogP contribution in [0.25, 0.3) is 0 Å². The number of halogens is 3. The number of anilines is 1. The van der Waals surface area contributed by atoms with Gasteiger partial charge >= 0.3 is 0 Å². The predicted molar refractivity (Wildman–Crippen MR) is 160 cm³/mol. The number of nitrogens with one attached hydrogen (secondary N) is 3. The van der Waals surface area contributed by atoms with Crippen molar-refractivity contribution in [2.24, 2.45) is 5.41 Å². The SMILES string of the molecule is CC1(C)CCC2(CC1)N[C@@H](C(=O)N[C@@H]1CC[C@@H](c3ncon3)OC1)[C@H](c1cccc(Cl)c1F)[C@]21C(=O)Nc2nc(Cl)ccc21. The average Bonchev–Trinajstić information content (AvgIpc) is 3.70. The summed E-state index contributed by atoms with van der Waals surface area (Å²) in [5.74, 6) is -1.48. The van der Waals surface area contributed by atoms with Crippen molar-refractivity contribution in [1.29, 1.82) is 0 Å². The molecule has 2 saturated heterocycles. The first-order chi connectivity index (χ1) is 21.0. The van der Waals surface area contributed by atoms with E-state index >= 15 is 4.39 Å². The van der Waals surface area contributed by atoms with Gasteiger partial charge in [0.2, 0.25) is 18.2 Å². The van der Waals surface area contributed by atoms with Gasteiger partial charge in [-0.15, -0.1) is 0 Å². The Hall–Kier alpha value is -3.12. The van der Waals surface area contributed by atoms with E-state index in [-0.39, 0.29) is 51.7 Å². The van der Waals surface area contributed by atoms with Crippen molar-refractivity contribution in [3.8, 4) is 0 Å². The van der Waals surface area contributed by atoms with Crippen LogP contribution >= 0.6 is 23.2 Å². The van der Waals surface area contributed by atoms with Crippen LogP contribution in [-0.2, 0) is 19.7 Å². The maximum Gasteiger partial charge on any atom is 0.238 e. The third kappa shape index (κ3) is 4.54. The fourth-order valence-corrected chi connectivity index (χ4v) is 8.30. The number of amides is 2. The average molecular weight is 644 g/mol. The number of aromatic nitrogens is 3. The van der Waals surface area contributed by atoms with E-state index in [1.54, 1.807) is 24.3 Å². The van der Waals surface area contributed by atoms with Gasteiger partial charge in [0, 0.05) is 17.0 Å². The normalized spacial score (nSPS) is 30.3. The van der Waals surface area contributed by atoms with Gasteiger partial charge in [-0.05, 0) is 61.6 Å². The van der Waals surface area contributed by atoms with Gasteiger partial charge in [-0.25, -0.2) is 9.37 Å². The molecule has 232 valence electrons. The molecule has 3 N–H and O–H groups in total. The van der Waals surface area contributed by atoms with Crippen molar-refractivity contribution in [3.63, 3.8) is 0 Å². The lowest BCUT2D eigenvalue weighted by Crippen LogP contribution is -2.61. The Bertz CT molecular complexity index is 1600. The molecule has 1 aromatic carbocycles. The highest BCUT2D eigenvalue weighted by atomic mass is 35.5. The van der Waals surface area contributed by atoms with Gasteiger partial charge in [0.05, 0.1) is 23.7 Å². The molecule has 44 heavy (non-hydrogen) atoms. The maximum absolute atomic E-state index is 16.1. The first-order valence-electron chi connectivity index (χ1n) is 14.9. The van der Waals surface area contributed by atoms with E-state index in [1.165, 1.54) is 12.5 Å². The number of ether oxygens (including phenoxy) is 1. The molecule has 5 atom stereocenters. The summed E-state index contributed by atoms with van der Waals surface area (Å²) in [6, 6.07) is 6.89. The van der Waals surface area contributed by atoms with Crippen LogP contribution in [0.1, 0.15) is 81.3 Å². The van der Waals surface area contributed by atoms with Crippen LogP contribution in [0, 0.1) is 11.2 Å². The number of carbonyl (C=O) groups is 2. The maximum atomic E-state index is 16.1. The van der Waals surface area contributed by atoms with E-state index in [1.807, 2.05) is 0 Å². The molecule has 1 saturated carbocycles. The van der Waals surface area contributed by atoms with Crippen molar-refractivity contribution in [3.05, 3.63) is 69.7 Å². The summed E-state index contributed by atoms with van der Waals surface area (Å²) in [4.78, 5) is 37.4. The van der Waals surface area contributed by atoms with Crippen molar-refractivity contribution in [1.82, 2.24) is 25.8 Å². The molecule has 1 aliphatic carbocycles. The molecule has 2 spiro atoms. The number of nitrogens with zero attached hydrogens (tertiary/aromatic N) is 3. The van der Waals surface area contributed by atoms with E-state index in [2.05, 4.69) is 44.9 Å². The summed E-state index contributed by atoms with van der Waals surface area (Å²) in [6.45, 7) is 4.65. The molecule has 13 heteroatoms. The molecule has 4 aliphatic rings. The predicted octanol–water partition coefficient (Wildman–Crippen LogP) is 5.23. The summed E-state index contributed by atoms with van der Waals surface area (Å²) in [5, 5.41) is 13.8. The second-order valence-corrected chi connectivity index (χ2v) is 14.0. The van der Waals surface area contributed by atoms with Crippen LogP contribution in [-0.4, -0.2) is 51.2 Å². The molecule has 7 rings (SSSR count). The summed E-state index contributed by atoms with van der Waals surface area (Å²) in [7, 11) is 0. The molecule has 5 heterocycles. The first kappa shape index (κ1) is 29.6. The standard InChI is InChI=1S/C31H33Cl2FN6O4/c1-29(2)10-12-30(13-11-29)31(18-7-9-21(33)37-25(18)38-28(31)42)22(17-4-3-5-19(32)23(17)34)24(39-30)27(41)36-16-6-8-20(43-14-16)26-35-15-44-40-26/h3-5,7,9,15-16,20,22,24,39H,6,8,10-14H2,1-2H3,(H,36,41)(H,37,38,42)/t16-,20+,22+,24-,31-/m1/s1. The van der Waals surface area contributed by atoms with Crippen LogP contribution in [0.3, 0.4) is 0 Å². The lowest BCUT2D eigenvalue weighted by molar-refractivity contribution is -0.126. The number of carbonyl (C=O) groups excluding carboxylic acids is 2. The zero-order valence-corrected chi connectivity index (χ0v) is 25.8. The minimum absolute atomic E-state index is 0.0378. The van der Waals surface area contributed by atoms with Crippen molar-refractivity contribution in [2.45, 2.75) is 87.4 Å². The molecule has 10 nitrogen and oxygen atoms in total. The molecule has 2 amide bonds. The monoisotopic (exact) mass is 642 g/mol. The summed E-state index contributed by atoms with van der Waals surface area (Å²) < 4.78 is 26.9. The molecule has 3 aromatic rings. The number of fused-ring (bicyclic) bond motifs is 3. The van der Waals surface area contributed by atoms with Gasteiger partial charge in [0.15, 0.2) is 5.82 Å². The second-order valence-electron chi connectivity index (χ2n) is 13.2. The molecule has 0 radical (unpaired) electrons. The minimum atomic E-state index is -1.36. The third-order valence-corrected chi connectivity index (χ3v) is 10.7. The largest absolute Gasteiger partial charge is 0.368 e. The van der Waals surface area contributed by atoms with Gasteiger partial charge in [0.1, 0.15) is 28.3 Å². The smallest absolute Gasteiger partial charge is 0.238 e. The van der Waals surface area contributed by atoms with Gasteiger partial charge in [0.25, 0.3) is 0 Å². The van der Waals surface area contributed by atoms with E-state index in [0.717, 1.165) is 12.8 Å². The summed E-state index contributed by atoms with van der Waals surface area (Å²) >= 11 is 12.6. The zero-order chi connectivity index (χ0) is 30.9. The van der Waals surface area contributed by atoms with Crippen LogP contribution in [0.2, 0.25) is 10.2 Å². The summed E-state index contributed by atoms with van der Waals surface area (Å²) in [5.41, 5.74) is -1.40. The lowest BCUT2D eigenvalue weighted by atomic mass is 9.53. The number of pyridine rings is 1. The molecule has 0 bridgehead atoms. The van der Waals surface area contributed by atoms with Crippen molar-refractivity contribution < 1.29 is 23.2 Å². The highest BCUT2D eigenvalue weighted by molar-refractivity contribution is 6.31. The van der Waals surface area contributed by atoms with Gasteiger partial charge in [-0.3, -0.25) is 14.9 Å². The van der Waals surface area contributed by atoms with E-state index in [4.69, 9.17) is 32.5 Å². The van der Waals surface area contributed by atoms with Crippen molar-refractivity contribution >= 4 is 40.8 Å². The Balaban J connectivity index is 1.31. The topological polar surface area (TPSA) is 131 Å².